The van der Waals surface area contributed by atoms with Gasteiger partial charge in [0.15, 0.2) is 0 Å². The second kappa shape index (κ2) is 2.73. The summed E-state index contributed by atoms with van der Waals surface area (Å²) < 4.78 is 0. The number of hydrogen-bond donors (Lipinski definition) is 0. The molecule has 1 aliphatic heterocycles. The van der Waals surface area contributed by atoms with E-state index in [0.29, 0.717) is 5.54 Å². The zero-order valence-corrected chi connectivity index (χ0v) is 8.64. The van der Waals surface area contributed by atoms with Crippen molar-refractivity contribution in [1.82, 2.24) is 4.90 Å². The molecule has 2 aliphatic rings. The minimum atomic E-state index is 0.407. The number of hydrogen-bond acceptors (Lipinski definition) is 1. The average molecular weight is 167 g/mol. The number of likely N-dealkylation sites (tertiary alicyclic amines) is 1. The summed E-state index contributed by atoms with van der Waals surface area (Å²) >= 11 is 0. The van der Waals surface area contributed by atoms with Gasteiger partial charge in [0.1, 0.15) is 0 Å². The van der Waals surface area contributed by atoms with Crippen molar-refractivity contribution in [3.8, 4) is 0 Å². The molecule has 1 nitrogen and oxygen atoms in total. The van der Waals surface area contributed by atoms with Crippen molar-refractivity contribution in [3.63, 3.8) is 0 Å². The first kappa shape index (κ1) is 8.55. The summed E-state index contributed by atoms with van der Waals surface area (Å²) in [6.07, 6.45) is 4.49. The molecule has 1 heteroatoms. The zero-order chi connectivity index (χ0) is 8.77. The van der Waals surface area contributed by atoms with E-state index in [1.807, 2.05) is 0 Å². The van der Waals surface area contributed by atoms with Crippen molar-refractivity contribution in [2.24, 2.45) is 11.8 Å². The topological polar surface area (TPSA) is 3.24 Å². The molecule has 0 aromatic rings. The smallest absolute Gasteiger partial charge is 0.0125 e. The van der Waals surface area contributed by atoms with E-state index in [0.717, 1.165) is 11.8 Å². The number of rotatable bonds is 0. The first-order chi connectivity index (χ1) is 5.57. The predicted octanol–water partition coefficient (Wildman–Crippen LogP) is 2.52. The molecule has 2 atom stereocenters. The van der Waals surface area contributed by atoms with E-state index in [-0.39, 0.29) is 0 Å². The van der Waals surface area contributed by atoms with Gasteiger partial charge in [0, 0.05) is 18.6 Å². The van der Waals surface area contributed by atoms with E-state index in [4.69, 9.17) is 0 Å². The highest BCUT2D eigenvalue weighted by molar-refractivity contribution is 4.92. The Morgan fingerprint density at radius 2 is 1.50 bits per heavy atom. The first-order valence-corrected chi connectivity index (χ1v) is 5.32. The quantitative estimate of drug-likeness (QED) is 0.536. The third-order valence-corrected chi connectivity index (χ3v) is 3.67. The van der Waals surface area contributed by atoms with Crippen LogP contribution in [0.3, 0.4) is 0 Å². The summed E-state index contributed by atoms with van der Waals surface area (Å²) in [4.78, 5) is 2.67. The van der Waals surface area contributed by atoms with Crippen LogP contribution in [-0.4, -0.2) is 23.5 Å². The van der Waals surface area contributed by atoms with Gasteiger partial charge in [-0.25, -0.2) is 0 Å². The van der Waals surface area contributed by atoms with Gasteiger partial charge in [-0.2, -0.15) is 0 Å². The highest BCUT2D eigenvalue weighted by Crippen LogP contribution is 2.39. The Kier molecular flexibility index (Phi) is 1.95. The lowest BCUT2D eigenvalue weighted by Crippen LogP contribution is -2.39. The maximum Gasteiger partial charge on any atom is 0.0125 e. The second-order valence-electron chi connectivity index (χ2n) is 5.53. The van der Waals surface area contributed by atoms with Crippen LogP contribution >= 0.6 is 0 Å². The molecule has 0 radical (unpaired) electrons. The molecular formula is C11H21N. The number of fused-ring (bicyclic) bond motifs is 1. The van der Waals surface area contributed by atoms with E-state index in [2.05, 4.69) is 25.7 Å². The fraction of sp³-hybridized carbons (Fsp3) is 1.00. The van der Waals surface area contributed by atoms with Crippen molar-refractivity contribution in [2.75, 3.05) is 13.1 Å². The van der Waals surface area contributed by atoms with Gasteiger partial charge in [-0.15, -0.1) is 0 Å². The maximum absolute atomic E-state index is 2.67. The van der Waals surface area contributed by atoms with E-state index < -0.39 is 0 Å². The van der Waals surface area contributed by atoms with E-state index in [9.17, 15) is 0 Å². The molecule has 12 heavy (non-hydrogen) atoms. The van der Waals surface area contributed by atoms with Crippen LogP contribution in [-0.2, 0) is 0 Å². The maximum atomic E-state index is 2.67. The molecule has 2 fully saturated rings. The normalized spacial score (nSPS) is 37.2. The van der Waals surface area contributed by atoms with Crippen LogP contribution in [0.5, 0.6) is 0 Å². The van der Waals surface area contributed by atoms with Gasteiger partial charge in [0.25, 0.3) is 0 Å². The lowest BCUT2D eigenvalue weighted by molar-refractivity contribution is 0.161. The van der Waals surface area contributed by atoms with E-state index in [1.54, 1.807) is 0 Å². The van der Waals surface area contributed by atoms with E-state index >= 15 is 0 Å². The summed E-state index contributed by atoms with van der Waals surface area (Å²) in [7, 11) is 0. The molecular weight excluding hydrogens is 146 g/mol. The lowest BCUT2D eigenvalue weighted by Gasteiger charge is -2.32. The summed E-state index contributed by atoms with van der Waals surface area (Å²) in [5.41, 5.74) is 0.407. The molecule has 1 aliphatic carbocycles. The van der Waals surface area contributed by atoms with Gasteiger partial charge >= 0.3 is 0 Å². The highest BCUT2D eigenvalue weighted by atomic mass is 15.2. The zero-order valence-electron chi connectivity index (χ0n) is 8.64. The fourth-order valence-corrected chi connectivity index (χ4v) is 2.78. The number of nitrogens with zero attached hydrogens (tertiary/aromatic N) is 1. The summed E-state index contributed by atoms with van der Waals surface area (Å²) in [6.45, 7) is 9.76. The van der Waals surface area contributed by atoms with Crippen molar-refractivity contribution in [3.05, 3.63) is 0 Å². The fourth-order valence-electron chi connectivity index (χ4n) is 2.78. The Bertz CT molecular complexity index is 156. The molecule has 0 aromatic carbocycles. The highest BCUT2D eigenvalue weighted by Gasteiger charge is 2.39. The average Bonchev–Trinajstić information content (AvgIpc) is 2.37. The Labute approximate surface area is 76.1 Å². The SMILES string of the molecule is CC(C)(C)N1C[C@H]2CCC[C@H]2C1. The summed E-state index contributed by atoms with van der Waals surface area (Å²) in [5.74, 6) is 2.09. The molecule has 0 unspecified atom stereocenters. The molecule has 70 valence electrons. The van der Waals surface area contributed by atoms with Crippen molar-refractivity contribution in [1.29, 1.82) is 0 Å². The van der Waals surface area contributed by atoms with Gasteiger partial charge in [0.2, 0.25) is 0 Å². The van der Waals surface area contributed by atoms with Crippen molar-refractivity contribution < 1.29 is 0 Å². The molecule has 0 amide bonds. The van der Waals surface area contributed by atoms with Crippen LogP contribution in [0.15, 0.2) is 0 Å². The molecule has 1 saturated heterocycles. The molecule has 1 heterocycles. The third-order valence-electron chi connectivity index (χ3n) is 3.67. The lowest BCUT2D eigenvalue weighted by atomic mass is 10.0. The van der Waals surface area contributed by atoms with Crippen molar-refractivity contribution in [2.45, 2.75) is 45.6 Å². The van der Waals surface area contributed by atoms with E-state index in [1.165, 1.54) is 32.4 Å². The van der Waals surface area contributed by atoms with Gasteiger partial charge in [-0.1, -0.05) is 6.42 Å². The van der Waals surface area contributed by atoms with Crippen LogP contribution in [0.25, 0.3) is 0 Å². The van der Waals surface area contributed by atoms with Crippen LogP contribution in [0.1, 0.15) is 40.0 Å². The minimum Gasteiger partial charge on any atom is -0.298 e. The predicted molar refractivity (Wildman–Crippen MR) is 52.2 cm³/mol. The minimum absolute atomic E-state index is 0.407. The molecule has 0 spiro atoms. The van der Waals surface area contributed by atoms with Crippen molar-refractivity contribution >= 4 is 0 Å². The van der Waals surface area contributed by atoms with Gasteiger partial charge in [-0.3, -0.25) is 4.90 Å². The van der Waals surface area contributed by atoms with Crippen LogP contribution in [0.2, 0.25) is 0 Å². The summed E-state index contributed by atoms with van der Waals surface area (Å²) in [5, 5.41) is 0. The van der Waals surface area contributed by atoms with Gasteiger partial charge < -0.3 is 0 Å². The van der Waals surface area contributed by atoms with Crippen LogP contribution in [0, 0.1) is 11.8 Å². The second-order valence-corrected chi connectivity index (χ2v) is 5.53. The van der Waals surface area contributed by atoms with Crippen LogP contribution < -0.4 is 0 Å². The molecule has 0 bridgehead atoms. The van der Waals surface area contributed by atoms with Gasteiger partial charge in [0.05, 0.1) is 0 Å². The Balaban J connectivity index is 1.99. The Morgan fingerprint density at radius 1 is 1.00 bits per heavy atom. The molecule has 2 rings (SSSR count). The summed E-state index contributed by atoms with van der Waals surface area (Å²) in [6, 6.07) is 0. The third kappa shape index (κ3) is 1.39. The van der Waals surface area contributed by atoms with Gasteiger partial charge in [-0.05, 0) is 45.4 Å². The Hall–Kier alpha value is -0.0400. The molecule has 0 aromatic heterocycles. The first-order valence-electron chi connectivity index (χ1n) is 5.32. The molecule has 1 saturated carbocycles. The van der Waals surface area contributed by atoms with Crippen LogP contribution in [0.4, 0.5) is 0 Å². The monoisotopic (exact) mass is 167 g/mol. The standard InChI is InChI=1S/C11H21N/c1-11(2,3)12-7-9-5-4-6-10(9)8-12/h9-10H,4-8H2,1-3H3/t9-,10+. The Morgan fingerprint density at radius 3 is 1.92 bits per heavy atom. The largest absolute Gasteiger partial charge is 0.298 e. The molecule has 0 N–H and O–H groups in total.